The van der Waals surface area contributed by atoms with E-state index < -0.39 is 0 Å². The van der Waals surface area contributed by atoms with Gasteiger partial charge >= 0.3 is 0 Å². The molecule has 16 heavy (non-hydrogen) atoms. The molecule has 0 nitrogen and oxygen atoms in total. The van der Waals surface area contributed by atoms with E-state index in [2.05, 4.69) is 6.58 Å². The minimum atomic E-state index is -0.219. The lowest BCUT2D eigenvalue weighted by molar-refractivity contribution is 0.627. The smallest absolute Gasteiger partial charge is 0.123 e. The van der Waals surface area contributed by atoms with E-state index in [4.69, 9.17) is 0 Å². The van der Waals surface area contributed by atoms with Gasteiger partial charge in [0.2, 0.25) is 0 Å². The fourth-order valence-electron chi connectivity index (χ4n) is 1.48. The zero-order valence-corrected chi connectivity index (χ0v) is 10.0. The van der Waals surface area contributed by atoms with Crippen LogP contribution < -0.4 is 0 Å². The summed E-state index contributed by atoms with van der Waals surface area (Å²) in [5.74, 6) is -0.219. The Morgan fingerprint density at radius 2 is 1.75 bits per heavy atom. The average molecular weight is 216 g/mol. The van der Waals surface area contributed by atoms with Crippen LogP contribution in [0.5, 0.6) is 0 Å². The molecule has 1 rings (SSSR count). The van der Waals surface area contributed by atoms with Crippen LogP contribution >= 0.6 is 0 Å². The fraction of sp³-hybridized carbons (Fsp3) is 0.200. The molecule has 0 amide bonds. The molecule has 0 saturated heterocycles. The van der Waals surface area contributed by atoms with Crippen molar-refractivity contribution in [3.63, 3.8) is 0 Å². The summed E-state index contributed by atoms with van der Waals surface area (Å²) >= 11 is 0. The van der Waals surface area contributed by atoms with E-state index in [1.54, 1.807) is 12.1 Å². The number of rotatable bonds is 3. The van der Waals surface area contributed by atoms with Crippen molar-refractivity contribution < 1.29 is 4.39 Å². The normalized spacial score (nSPS) is 12.8. The molecule has 1 aromatic carbocycles. The van der Waals surface area contributed by atoms with Crippen LogP contribution in [0, 0.1) is 5.82 Å². The molecule has 0 aliphatic heterocycles. The molecule has 0 radical (unpaired) electrons. The Hall–Kier alpha value is -1.63. The van der Waals surface area contributed by atoms with Gasteiger partial charge in [-0.2, -0.15) is 0 Å². The van der Waals surface area contributed by atoms with Gasteiger partial charge in [-0.05, 0) is 55.2 Å². The summed E-state index contributed by atoms with van der Waals surface area (Å²) in [5, 5.41) is 0. The highest BCUT2D eigenvalue weighted by atomic mass is 19.1. The summed E-state index contributed by atoms with van der Waals surface area (Å²) in [6.07, 6.45) is 4.04. The molecule has 0 aliphatic rings. The van der Waals surface area contributed by atoms with Crippen LogP contribution in [0.3, 0.4) is 0 Å². The summed E-state index contributed by atoms with van der Waals surface area (Å²) < 4.78 is 12.8. The molecule has 0 heterocycles. The Balaban J connectivity index is 3.03. The second-order valence-electron chi connectivity index (χ2n) is 3.79. The van der Waals surface area contributed by atoms with Gasteiger partial charge in [0.15, 0.2) is 0 Å². The molecule has 0 spiro atoms. The standard InChI is InChI=1S/C15H17F/c1-5-6-11(2)12(3)13(4)14-7-9-15(16)10-8-14/h5-10H,4H2,1-3H3/b6-5-,12-11-. The molecule has 0 atom stereocenters. The third-order valence-corrected chi connectivity index (χ3v) is 2.65. The lowest BCUT2D eigenvalue weighted by Crippen LogP contribution is -1.88. The minimum absolute atomic E-state index is 0.219. The molecule has 0 aromatic heterocycles. The summed E-state index contributed by atoms with van der Waals surface area (Å²) in [6.45, 7) is 10.1. The molecule has 0 aliphatic carbocycles. The van der Waals surface area contributed by atoms with Crippen molar-refractivity contribution in [2.45, 2.75) is 20.8 Å². The van der Waals surface area contributed by atoms with Crippen LogP contribution in [-0.4, -0.2) is 0 Å². The maximum absolute atomic E-state index is 12.8. The van der Waals surface area contributed by atoms with Crippen molar-refractivity contribution in [1.29, 1.82) is 0 Å². The first kappa shape index (κ1) is 12.4. The predicted octanol–water partition coefficient (Wildman–Crippen LogP) is 4.75. The van der Waals surface area contributed by atoms with Gasteiger partial charge in [0.25, 0.3) is 0 Å². The number of allylic oxidation sites excluding steroid dienone is 5. The summed E-state index contributed by atoms with van der Waals surface area (Å²) in [4.78, 5) is 0. The summed E-state index contributed by atoms with van der Waals surface area (Å²) in [5.41, 5.74) is 4.21. The van der Waals surface area contributed by atoms with Gasteiger partial charge in [0.1, 0.15) is 5.82 Å². The first-order valence-corrected chi connectivity index (χ1v) is 5.31. The molecule has 1 heteroatoms. The van der Waals surface area contributed by atoms with Crippen molar-refractivity contribution >= 4 is 5.57 Å². The maximum atomic E-state index is 12.8. The Kier molecular flexibility index (Phi) is 4.24. The van der Waals surface area contributed by atoms with Gasteiger partial charge in [-0.3, -0.25) is 0 Å². The fourth-order valence-corrected chi connectivity index (χ4v) is 1.48. The van der Waals surface area contributed by atoms with Gasteiger partial charge in [-0.1, -0.05) is 30.9 Å². The molecule has 1 aromatic rings. The highest BCUT2D eigenvalue weighted by Crippen LogP contribution is 2.24. The van der Waals surface area contributed by atoms with Crippen LogP contribution in [0.25, 0.3) is 5.57 Å². The number of hydrogen-bond donors (Lipinski definition) is 0. The predicted molar refractivity (Wildman–Crippen MR) is 68.6 cm³/mol. The number of hydrogen-bond acceptors (Lipinski definition) is 0. The van der Waals surface area contributed by atoms with Crippen molar-refractivity contribution in [3.05, 3.63) is 65.5 Å². The third-order valence-electron chi connectivity index (χ3n) is 2.65. The molecular formula is C15H17F. The zero-order chi connectivity index (χ0) is 12.1. The molecule has 0 saturated carbocycles. The van der Waals surface area contributed by atoms with E-state index in [-0.39, 0.29) is 5.82 Å². The first-order valence-electron chi connectivity index (χ1n) is 5.31. The van der Waals surface area contributed by atoms with Crippen molar-refractivity contribution in [2.75, 3.05) is 0 Å². The molecule has 0 N–H and O–H groups in total. The van der Waals surface area contributed by atoms with E-state index in [0.29, 0.717) is 0 Å². The molecule has 0 bridgehead atoms. The van der Waals surface area contributed by atoms with Gasteiger partial charge in [-0.15, -0.1) is 0 Å². The van der Waals surface area contributed by atoms with Crippen LogP contribution in [0.4, 0.5) is 4.39 Å². The second-order valence-corrected chi connectivity index (χ2v) is 3.79. The monoisotopic (exact) mass is 216 g/mol. The van der Waals surface area contributed by atoms with E-state index in [0.717, 1.165) is 16.7 Å². The Morgan fingerprint density at radius 1 is 1.19 bits per heavy atom. The van der Waals surface area contributed by atoms with Crippen molar-refractivity contribution in [2.24, 2.45) is 0 Å². The zero-order valence-electron chi connectivity index (χ0n) is 10.0. The summed E-state index contributed by atoms with van der Waals surface area (Å²) in [6, 6.07) is 6.42. The molecule has 0 unspecified atom stereocenters. The number of halogens is 1. The van der Waals surface area contributed by atoms with Crippen LogP contribution in [0.15, 0.2) is 54.1 Å². The highest BCUT2D eigenvalue weighted by Gasteiger charge is 2.03. The van der Waals surface area contributed by atoms with Crippen molar-refractivity contribution in [3.8, 4) is 0 Å². The highest BCUT2D eigenvalue weighted by molar-refractivity contribution is 5.77. The largest absolute Gasteiger partial charge is 0.207 e. The van der Waals surface area contributed by atoms with E-state index in [1.165, 1.54) is 17.7 Å². The molecule has 0 fully saturated rings. The van der Waals surface area contributed by atoms with Gasteiger partial charge in [0, 0.05) is 0 Å². The topological polar surface area (TPSA) is 0 Å². The molecule has 84 valence electrons. The van der Waals surface area contributed by atoms with Gasteiger partial charge in [0.05, 0.1) is 0 Å². The van der Waals surface area contributed by atoms with Crippen LogP contribution in [0.2, 0.25) is 0 Å². The van der Waals surface area contributed by atoms with Crippen molar-refractivity contribution in [1.82, 2.24) is 0 Å². The van der Waals surface area contributed by atoms with Crippen LogP contribution in [0.1, 0.15) is 26.3 Å². The average Bonchev–Trinajstić information content (AvgIpc) is 2.28. The number of benzene rings is 1. The summed E-state index contributed by atoms with van der Waals surface area (Å²) in [7, 11) is 0. The third kappa shape index (κ3) is 2.93. The maximum Gasteiger partial charge on any atom is 0.123 e. The lowest BCUT2D eigenvalue weighted by Gasteiger charge is -2.08. The first-order chi connectivity index (χ1) is 7.56. The van der Waals surface area contributed by atoms with E-state index >= 15 is 0 Å². The molecular weight excluding hydrogens is 199 g/mol. The van der Waals surface area contributed by atoms with Gasteiger partial charge < -0.3 is 0 Å². The second kappa shape index (κ2) is 5.45. The van der Waals surface area contributed by atoms with Crippen LogP contribution in [-0.2, 0) is 0 Å². The lowest BCUT2D eigenvalue weighted by atomic mass is 9.97. The SMILES string of the molecule is C=C(/C(C)=C(C)\C=C/C)c1ccc(F)cc1. The Morgan fingerprint density at radius 3 is 2.25 bits per heavy atom. The Bertz CT molecular complexity index is 433. The van der Waals surface area contributed by atoms with E-state index in [9.17, 15) is 4.39 Å². The quantitative estimate of drug-likeness (QED) is 0.639. The van der Waals surface area contributed by atoms with E-state index in [1.807, 2.05) is 32.9 Å². The van der Waals surface area contributed by atoms with Gasteiger partial charge in [-0.25, -0.2) is 4.39 Å². The minimum Gasteiger partial charge on any atom is -0.207 e. The Labute approximate surface area is 96.8 Å².